The molecule has 0 fully saturated rings. The number of rotatable bonds is 1. The zero-order valence-electron chi connectivity index (χ0n) is 11.5. The van der Waals surface area contributed by atoms with Crippen molar-refractivity contribution in [3.8, 4) is 0 Å². The van der Waals surface area contributed by atoms with E-state index in [0.29, 0.717) is 29.4 Å². The number of aliphatic hydroxyl groups is 3. The molecule has 22 heavy (non-hydrogen) atoms. The molecule has 0 saturated carbocycles. The van der Waals surface area contributed by atoms with Gasteiger partial charge in [0.15, 0.2) is 0 Å². The maximum Gasteiger partial charge on any atom is 0.346 e. The molecular formula is C15H14F2N2O3. The van der Waals surface area contributed by atoms with Gasteiger partial charge in [0.25, 0.3) is 0 Å². The molecule has 1 atom stereocenters. The molecule has 1 aromatic heterocycles. The molecule has 2 aromatic rings. The van der Waals surface area contributed by atoms with Gasteiger partial charge in [-0.25, -0.2) is 13.7 Å². The lowest BCUT2D eigenvalue weighted by Gasteiger charge is -2.42. The summed E-state index contributed by atoms with van der Waals surface area (Å²) in [6.07, 6.45) is 1.17. The molecule has 7 heteroatoms. The van der Waals surface area contributed by atoms with Crippen molar-refractivity contribution in [2.75, 3.05) is 6.54 Å². The Morgan fingerprint density at radius 1 is 1.23 bits per heavy atom. The van der Waals surface area contributed by atoms with E-state index in [1.807, 2.05) is 0 Å². The van der Waals surface area contributed by atoms with Gasteiger partial charge >= 0.3 is 6.10 Å². The molecule has 0 bridgehead atoms. The number of hydrogen-bond donors (Lipinski definition) is 4. The average Bonchev–Trinajstić information content (AvgIpc) is 2.85. The van der Waals surface area contributed by atoms with Crippen molar-refractivity contribution in [2.24, 2.45) is 0 Å². The summed E-state index contributed by atoms with van der Waals surface area (Å²) in [4.78, 5) is 3.91. The SMILES string of the molecule is OC(O)(O)N1CCC=C2c3c(F)cc(F)c4[nH]cc(c34)CC21. The standard InChI is InChI=1S/C15H14F2N2O3/c16-9-5-10(17)14-12-7(6-18-14)4-11-8(13(9)12)2-1-3-19(11)15(20,21)22/h2,5-6,11,18,20-22H,1,3-4H2. The Morgan fingerprint density at radius 2 is 2.00 bits per heavy atom. The highest BCUT2D eigenvalue weighted by molar-refractivity contribution is 5.98. The second kappa shape index (κ2) is 4.36. The summed E-state index contributed by atoms with van der Waals surface area (Å²) in [7, 11) is 0. The van der Waals surface area contributed by atoms with Gasteiger partial charge in [-0.3, -0.25) is 0 Å². The maximum atomic E-state index is 14.4. The number of nitrogens with one attached hydrogen (secondary N) is 1. The van der Waals surface area contributed by atoms with E-state index >= 15 is 0 Å². The minimum absolute atomic E-state index is 0.226. The number of nitrogens with zero attached hydrogens (tertiary/aromatic N) is 1. The Hall–Kier alpha value is -1.80. The fraction of sp³-hybridized carbons (Fsp3) is 0.333. The van der Waals surface area contributed by atoms with Crippen LogP contribution in [0.1, 0.15) is 17.5 Å². The lowest BCUT2D eigenvalue weighted by molar-refractivity contribution is -0.398. The molecule has 116 valence electrons. The number of aromatic nitrogens is 1. The van der Waals surface area contributed by atoms with Gasteiger partial charge in [0.1, 0.15) is 11.6 Å². The number of aromatic amines is 1. The summed E-state index contributed by atoms with van der Waals surface area (Å²) in [5.74, 6) is -1.35. The third-order valence-corrected chi connectivity index (χ3v) is 4.50. The van der Waals surface area contributed by atoms with Gasteiger partial charge in [-0.2, -0.15) is 0 Å². The first-order chi connectivity index (χ1) is 10.4. The molecule has 1 aromatic carbocycles. The van der Waals surface area contributed by atoms with E-state index in [0.717, 1.165) is 11.0 Å². The molecule has 2 aliphatic rings. The first kappa shape index (κ1) is 13.8. The molecule has 1 unspecified atom stereocenters. The van der Waals surface area contributed by atoms with Crippen LogP contribution in [0.5, 0.6) is 0 Å². The summed E-state index contributed by atoms with van der Waals surface area (Å²) in [6, 6.07) is 0.240. The van der Waals surface area contributed by atoms with Crippen molar-refractivity contribution in [3.63, 3.8) is 0 Å². The fourth-order valence-electron chi connectivity index (χ4n) is 3.63. The van der Waals surface area contributed by atoms with Crippen LogP contribution in [0, 0.1) is 11.6 Å². The summed E-state index contributed by atoms with van der Waals surface area (Å²) in [6.45, 7) is 0.226. The fourth-order valence-corrected chi connectivity index (χ4v) is 3.63. The van der Waals surface area contributed by atoms with E-state index in [-0.39, 0.29) is 17.6 Å². The Balaban J connectivity index is 1.97. The number of H-pyrrole nitrogens is 1. The van der Waals surface area contributed by atoms with Crippen LogP contribution in [0.3, 0.4) is 0 Å². The van der Waals surface area contributed by atoms with E-state index in [9.17, 15) is 24.1 Å². The third-order valence-electron chi connectivity index (χ3n) is 4.50. The molecule has 2 heterocycles. The van der Waals surface area contributed by atoms with Crippen molar-refractivity contribution in [2.45, 2.75) is 25.0 Å². The van der Waals surface area contributed by atoms with Gasteiger partial charge in [-0.05, 0) is 24.0 Å². The van der Waals surface area contributed by atoms with Crippen LogP contribution in [-0.4, -0.2) is 43.9 Å². The Bertz CT molecular complexity index is 807. The Morgan fingerprint density at radius 3 is 2.73 bits per heavy atom. The molecule has 0 radical (unpaired) electrons. The Kier molecular flexibility index (Phi) is 2.74. The summed E-state index contributed by atoms with van der Waals surface area (Å²) >= 11 is 0. The van der Waals surface area contributed by atoms with Crippen molar-refractivity contribution in [1.29, 1.82) is 0 Å². The molecular weight excluding hydrogens is 294 g/mol. The average molecular weight is 308 g/mol. The number of benzene rings is 1. The smallest absolute Gasteiger partial charge is 0.346 e. The monoisotopic (exact) mass is 308 g/mol. The molecule has 1 aliphatic heterocycles. The van der Waals surface area contributed by atoms with Crippen LogP contribution >= 0.6 is 0 Å². The van der Waals surface area contributed by atoms with Crippen molar-refractivity contribution in [1.82, 2.24) is 9.88 Å². The zero-order valence-corrected chi connectivity index (χ0v) is 11.5. The zero-order chi connectivity index (χ0) is 15.6. The molecule has 4 N–H and O–H groups in total. The normalized spacial score (nSPS) is 21.9. The Labute approximate surface area is 124 Å². The van der Waals surface area contributed by atoms with E-state index in [1.54, 1.807) is 12.3 Å². The minimum Gasteiger partial charge on any atom is -0.358 e. The van der Waals surface area contributed by atoms with Crippen molar-refractivity contribution in [3.05, 3.63) is 41.1 Å². The largest absolute Gasteiger partial charge is 0.358 e. The second-order valence-corrected chi connectivity index (χ2v) is 5.74. The van der Waals surface area contributed by atoms with Crippen LogP contribution in [-0.2, 0) is 6.42 Å². The lowest BCUT2D eigenvalue weighted by Crippen LogP contribution is -2.56. The van der Waals surface area contributed by atoms with E-state index in [4.69, 9.17) is 0 Å². The van der Waals surface area contributed by atoms with Crippen LogP contribution in [0.25, 0.3) is 16.5 Å². The third kappa shape index (κ3) is 1.77. The molecule has 4 rings (SSSR count). The van der Waals surface area contributed by atoms with Crippen molar-refractivity contribution < 1.29 is 24.1 Å². The predicted molar refractivity (Wildman–Crippen MR) is 74.4 cm³/mol. The number of hydrogen-bond acceptors (Lipinski definition) is 4. The van der Waals surface area contributed by atoms with Crippen molar-refractivity contribution >= 4 is 16.5 Å². The van der Waals surface area contributed by atoms with Crippen LogP contribution < -0.4 is 0 Å². The van der Waals surface area contributed by atoms with Crippen LogP contribution in [0.2, 0.25) is 0 Å². The topological polar surface area (TPSA) is 79.7 Å². The highest BCUT2D eigenvalue weighted by Crippen LogP contribution is 2.43. The van der Waals surface area contributed by atoms with Gasteiger partial charge in [0.05, 0.1) is 5.52 Å². The summed E-state index contributed by atoms with van der Waals surface area (Å²) in [5.41, 5.74) is 1.73. The van der Waals surface area contributed by atoms with Gasteiger partial charge in [-0.1, -0.05) is 6.08 Å². The molecule has 0 saturated heterocycles. The molecule has 1 aliphatic carbocycles. The van der Waals surface area contributed by atoms with Gasteiger partial charge in [0, 0.05) is 35.8 Å². The predicted octanol–water partition coefficient (Wildman–Crippen LogP) is 1.05. The van der Waals surface area contributed by atoms with E-state index < -0.39 is 23.8 Å². The highest BCUT2D eigenvalue weighted by atomic mass is 19.1. The first-order valence-corrected chi connectivity index (χ1v) is 7.00. The first-order valence-electron chi connectivity index (χ1n) is 7.00. The molecule has 5 nitrogen and oxygen atoms in total. The quantitative estimate of drug-likeness (QED) is 0.594. The number of halogens is 2. The minimum atomic E-state index is -2.98. The van der Waals surface area contributed by atoms with Crippen LogP contribution in [0.15, 0.2) is 18.3 Å². The van der Waals surface area contributed by atoms with E-state index in [1.165, 1.54) is 0 Å². The maximum absolute atomic E-state index is 14.4. The summed E-state index contributed by atoms with van der Waals surface area (Å²) < 4.78 is 28.2. The van der Waals surface area contributed by atoms with Gasteiger partial charge < -0.3 is 20.3 Å². The van der Waals surface area contributed by atoms with Gasteiger partial charge in [0.2, 0.25) is 0 Å². The highest BCUT2D eigenvalue weighted by Gasteiger charge is 2.42. The summed E-state index contributed by atoms with van der Waals surface area (Å²) in [5, 5.41) is 29.1. The van der Waals surface area contributed by atoms with Crippen LogP contribution in [0.4, 0.5) is 8.78 Å². The number of fused-ring (bicyclic) bond motifs is 2. The van der Waals surface area contributed by atoms with E-state index in [2.05, 4.69) is 4.98 Å². The lowest BCUT2D eigenvalue weighted by atomic mass is 9.81. The molecule has 0 spiro atoms. The second-order valence-electron chi connectivity index (χ2n) is 5.74. The van der Waals surface area contributed by atoms with Gasteiger partial charge in [-0.15, -0.1) is 0 Å². The molecule has 0 amide bonds.